The van der Waals surface area contributed by atoms with Crippen molar-refractivity contribution < 1.29 is 34.3 Å². The van der Waals surface area contributed by atoms with Gasteiger partial charge in [-0.1, -0.05) is 0 Å². The first-order chi connectivity index (χ1) is 8.60. The Hall–Kier alpha value is -0.280. The van der Waals surface area contributed by atoms with Crippen molar-refractivity contribution >= 4 is 0 Å². The van der Waals surface area contributed by atoms with Crippen LogP contribution in [0, 0.1) is 0 Å². The quantitative estimate of drug-likeness (QED) is 0.392. The van der Waals surface area contributed by atoms with Crippen LogP contribution in [0.3, 0.4) is 0 Å². The van der Waals surface area contributed by atoms with Gasteiger partial charge in [0.05, 0.1) is 39.6 Å². The Morgan fingerprint density at radius 3 is 1.17 bits per heavy atom. The Morgan fingerprint density at radius 1 is 0.611 bits per heavy atom. The molecule has 2 atom stereocenters. The van der Waals surface area contributed by atoms with E-state index >= 15 is 0 Å². The van der Waals surface area contributed by atoms with Crippen LogP contribution in [0.15, 0.2) is 0 Å². The summed E-state index contributed by atoms with van der Waals surface area (Å²) >= 11 is 0. The van der Waals surface area contributed by atoms with E-state index in [-0.39, 0.29) is 39.6 Å². The third-order valence-corrected chi connectivity index (χ3v) is 1.96. The average molecular weight is 268 g/mol. The molecule has 0 saturated carbocycles. The number of hydrogen-bond acceptors (Lipinski definition) is 7. The van der Waals surface area contributed by atoms with Crippen molar-refractivity contribution in [3.63, 3.8) is 0 Å². The van der Waals surface area contributed by atoms with Gasteiger partial charge in [-0.05, 0) is 0 Å². The fraction of sp³-hybridized carbons (Fsp3) is 1.00. The summed E-state index contributed by atoms with van der Waals surface area (Å²) in [7, 11) is 2.97. The lowest BCUT2D eigenvalue weighted by Gasteiger charge is -2.15. The molecule has 0 aliphatic carbocycles. The summed E-state index contributed by atoms with van der Waals surface area (Å²) < 4.78 is 19.6. The van der Waals surface area contributed by atoms with E-state index < -0.39 is 18.3 Å². The van der Waals surface area contributed by atoms with Gasteiger partial charge < -0.3 is 34.3 Å². The molecule has 0 aromatic rings. The lowest BCUT2D eigenvalue weighted by atomic mass is 10.4. The molecule has 0 radical (unpaired) electrons. The van der Waals surface area contributed by atoms with Crippen LogP contribution in [0.1, 0.15) is 0 Å². The highest BCUT2D eigenvalue weighted by Gasteiger charge is 2.09. The van der Waals surface area contributed by atoms with Gasteiger partial charge in [-0.25, -0.2) is 0 Å². The van der Waals surface area contributed by atoms with Gasteiger partial charge in [0.1, 0.15) is 18.3 Å². The third kappa shape index (κ3) is 10.8. The maximum absolute atomic E-state index is 9.46. The predicted octanol–water partition coefficient (Wildman–Crippen LogP) is -1.60. The molecular weight excluding hydrogens is 244 g/mol. The zero-order valence-corrected chi connectivity index (χ0v) is 10.9. The van der Waals surface area contributed by atoms with Crippen molar-refractivity contribution in [2.45, 2.75) is 18.3 Å². The van der Waals surface area contributed by atoms with E-state index in [9.17, 15) is 15.3 Å². The van der Waals surface area contributed by atoms with Crippen LogP contribution in [0.4, 0.5) is 0 Å². The van der Waals surface area contributed by atoms with Crippen LogP contribution in [-0.4, -0.2) is 87.5 Å². The Bertz CT molecular complexity index is 161. The van der Waals surface area contributed by atoms with E-state index in [2.05, 4.69) is 0 Å². The van der Waals surface area contributed by atoms with Crippen molar-refractivity contribution in [1.29, 1.82) is 0 Å². The molecule has 2 unspecified atom stereocenters. The molecule has 3 N–H and O–H groups in total. The summed E-state index contributed by atoms with van der Waals surface area (Å²) in [6.45, 7) is 0.683. The normalized spacial score (nSPS) is 16.5. The summed E-state index contributed by atoms with van der Waals surface area (Å²) in [4.78, 5) is 0. The summed E-state index contributed by atoms with van der Waals surface area (Å²) in [6, 6.07) is 0. The monoisotopic (exact) mass is 268 g/mol. The van der Waals surface area contributed by atoms with Crippen molar-refractivity contribution in [3.05, 3.63) is 0 Å². The summed E-state index contributed by atoms with van der Waals surface area (Å²) in [5.41, 5.74) is 0. The van der Waals surface area contributed by atoms with Crippen molar-refractivity contribution in [1.82, 2.24) is 0 Å². The number of hydrogen-bond donors (Lipinski definition) is 3. The van der Waals surface area contributed by atoms with Gasteiger partial charge >= 0.3 is 0 Å². The number of methoxy groups -OCH3 is 2. The van der Waals surface area contributed by atoms with E-state index in [1.165, 1.54) is 14.2 Å². The van der Waals surface area contributed by atoms with E-state index in [0.717, 1.165) is 0 Å². The summed E-state index contributed by atoms with van der Waals surface area (Å²) in [5, 5.41) is 28.0. The Labute approximate surface area is 107 Å². The van der Waals surface area contributed by atoms with Gasteiger partial charge in [0.2, 0.25) is 0 Å². The van der Waals surface area contributed by atoms with Crippen molar-refractivity contribution in [2.75, 3.05) is 53.9 Å². The molecule has 0 aliphatic heterocycles. The number of rotatable bonds is 12. The fourth-order valence-electron chi connectivity index (χ4n) is 1.21. The molecule has 0 amide bonds. The van der Waals surface area contributed by atoms with Gasteiger partial charge in [0.25, 0.3) is 0 Å². The number of aliphatic hydroxyl groups excluding tert-OH is 3. The van der Waals surface area contributed by atoms with Gasteiger partial charge in [-0.3, -0.25) is 0 Å². The van der Waals surface area contributed by atoms with Crippen LogP contribution in [-0.2, 0) is 18.9 Å². The van der Waals surface area contributed by atoms with Crippen LogP contribution in [0.5, 0.6) is 0 Å². The Kier molecular flexibility index (Phi) is 11.6. The molecule has 110 valence electrons. The van der Waals surface area contributed by atoms with Crippen LogP contribution >= 0.6 is 0 Å². The highest BCUT2D eigenvalue weighted by Crippen LogP contribution is 1.93. The fourth-order valence-corrected chi connectivity index (χ4v) is 1.21. The zero-order valence-electron chi connectivity index (χ0n) is 10.9. The maximum Gasteiger partial charge on any atom is 0.101 e. The van der Waals surface area contributed by atoms with Gasteiger partial charge in [0.15, 0.2) is 0 Å². The minimum Gasteiger partial charge on any atom is -0.388 e. The van der Waals surface area contributed by atoms with Crippen LogP contribution in [0.25, 0.3) is 0 Å². The molecule has 0 spiro atoms. The Balaban J connectivity index is 3.39. The highest BCUT2D eigenvalue weighted by atomic mass is 16.5. The largest absolute Gasteiger partial charge is 0.388 e. The van der Waals surface area contributed by atoms with Gasteiger partial charge in [-0.2, -0.15) is 0 Å². The predicted molar refractivity (Wildman–Crippen MR) is 63.4 cm³/mol. The lowest BCUT2D eigenvalue weighted by Crippen LogP contribution is -2.29. The molecule has 0 saturated heterocycles. The average Bonchev–Trinajstić information content (AvgIpc) is 2.29. The molecule has 0 aromatic heterocycles. The smallest absolute Gasteiger partial charge is 0.101 e. The SMILES string of the molecule is COCC(O)COCC(O)COCC(O)COC. The van der Waals surface area contributed by atoms with Crippen molar-refractivity contribution in [2.24, 2.45) is 0 Å². The number of aliphatic hydroxyl groups is 3. The Morgan fingerprint density at radius 2 is 0.889 bits per heavy atom. The van der Waals surface area contributed by atoms with E-state index in [1.54, 1.807) is 0 Å². The zero-order chi connectivity index (χ0) is 13.8. The molecular formula is C11H24O7. The molecule has 0 heterocycles. The van der Waals surface area contributed by atoms with Gasteiger partial charge in [-0.15, -0.1) is 0 Å². The third-order valence-electron chi connectivity index (χ3n) is 1.96. The first kappa shape index (κ1) is 17.7. The minimum atomic E-state index is -0.797. The molecule has 0 bridgehead atoms. The van der Waals surface area contributed by atoms with Crippen LogP contribution < -0.4 is 0 Å². The number of ether oxygens (including phenoxy) is 4. The first-order valence-corrected chi connectivity index (χ1v) is 5.77. The van der Waals surface area contributed by atoms with E-state index in [1.807, 2.05) is 0 Å². The molecule has 0 fully saturated rings. The van der Waals surface area contributed by atoms with E-state index in [4.69, 9.17) is 18.9 Å². The first-order valence-electron chi connectivity index (χ1n) is 5.77. The van der Waals surface area contributed by atoms with Crippen LogP contribution in [0.2, 0.25) is 0 Å². The van der Waals surface area contributed by atoms with Gasteiger partial charge in [0, 0.05) is 14.2 Å². The summed E-state index contributed by atoms with van der Waals surface area (Å²) in [5.74, 6) is 0. The minimum absolute atomic E-state index is 0.0567. The topological polar surface area (TPSA) is 97.6 Å². The second-order valence-electron chi connectivity index (χ2n) is 3.95. The summed E-state index contributed by atoms with van der Waals surface area (Å²) in [6.07, 6.45) is -2.20. The second kappa shape index (κ2) is 11.8. The second-order valence-corrected chi connectivity index (χ2v) is 3.95. The molecule has 0 aromatic carbocycles. The van der Waals surface area contributed by atoms with E-state index in [0.29, 0.717) is 0 Å². The molecule has 0 rings (SSSR count). The molecule has 7 heteroatoms. The molecule has 0 aliphatic rings. The van der Waals surface area contributed by atoms with Crippen molar-refractivity contribution in [3.8, 4) is 0 Å². The highest BCUT2D eigenvalue weighted by molar-refractivity contribution is 4.57. The standard InChI is InChI=1S/C11H24O7/c1-15-3-9(12)5-17-7-11(14)8-18-6-10(13)4-16-2/h9-14H,3-8H2,1-2H3. The maximum atomic E-state index is 9.46. The molecule has 7 nitrogen and oxygen atoms in total. The lowest BCUT2D eigenvalue weighted by molar-refractivity contribution is -0.0667. The molecule has 18 heavy (non-hydrogen) atoms.